The van der Waals surface area contributed by atoms with Crippen LogP contribution in [0.5, 0.6) is 0 Å². The number of carboxylic acid groups (broad SMARTS) is 1. The molecule has 0 aliphatic carbocycles. The fourth-order valence-electron chi connectivity index (χ4n) is 3.76. The van der Waals surface area contributed by atoms with E-state index in [0.717, 1.165) is 29.3 Å². The number of imidazole rings is 1. The van der Waals surface area contributed by atoms with Crippen LogP contribution in [0.3, 0.4) is 0 Å². The largest absolute Gasteiger partial charge is 0.481 e. The van der Waals surface area contributed by atoms with Gasteiger partial charge in [-0.15, -0.1) is 0 Å². The Balaban J connectivity index is 2.01. The Morgan fingerprint density at radius 2 is 2.31 bits per heavy atom. The van der Waals surface area contributed by atoms with E-state index >= 15 is 0 Å². The molecule has 1 aromatic carbocycles. The lowest BCUT2D eigenvalue weighted by Gasteiger charge is -2.30. The van der Waals surface area contributed by atoms with E-state index in [0.29, 0.717) is 23.5 Å². The van der Waals surface area contributed by atoms with Crippen molar-refractivity contribution in [3.8, 4) is 6.07 Å². The number of carboxylic acids is 1. The topological polar surface area (TPSA) is 101 Å². The van der Waals surface area contributed by atoms with Crippen LogP contribution in [-0.4, -0.2) is 38.3 Å². The molecule has 1 saturated heterocycles. The second kappa shape index (κ2) is 6.39. The number of ether oxygens (including phenoxy) is 1. The molecule has 1 aliphatic heterocycles. The van der Waals surface area contributed by atoms with Crippen molar-refractivity contribution in [2.24, 2.45) is 0 Å². The van der Waals surface area contributed by atoms with E-state index in [9.17, 15) is 15.2 Å². The first kappa shape index (κ1) is 16.5. The zero-order valence-corrected chi connectivity index (χ0v) is 14.3. The van der Waals surface area contributed by atoms with E-state index in [1.165, 1.54) is 0 Å². The van der Waals surface area contributed by atoms with Crippen molar-refractivity contribution >= 4 is 27.9 Å². The molecule has 2 aromatic heterocycles. The summed E-state index contributed by atoms with van der Waals surface area (Å²) >= 11 is 0. The summed E-state index contributed by atoms with van der Waals surface area (Å²) in [6, 6.07) is 7.61. The maximum atomic E-state index is 11.4. The Labute approximate surface area is 149 Å². The lowest BCUT2D eigenvalue weighted by atomic mass is 10.0. The normalized spacial score (nSPS) is 20.3. The van der Waals surface area contributed by atoms with Gasteiger partial charge in [0.25, 0.3) is 0 Å². The molecule has 1 aliphatic rings. The van der Waals surface area contributed by atoms with Gasteiger partial charge in [-0.1, -0.05) is 0 Å². The zero-order valence-electron chi connectivity index (χ0n) is 14.3. The minimum atomic E-state index is -0.920. The molecule has 26 heavy (non-hydrogen) atoms. The standard InChI is InChI=1S/C19H18N4O3/c1-11-6-13(4-5-26-11)23-17(8-18(24)25)22-16-10-21-15-3-2-12(9-20)7-14(15)19(16)23/h2-3,7,10-11,13H,4-6,8H2,1H3,(H,24,25). The molecule has 3 aromatic rings. The first-order valence-corrected chi connectivity index (χ1v) is 8.60. The molecule has 2 atom stereocenters. The molecule has 0 spiro atoms. The third-order valence-corrected chi connectivity index (χ3v) is 4.85. The van der Waals surface area contributed by atoms with Crippen molar-refractivity contribution in [3.63, 3.8) is 0 Å². The third kappa shape index (κ3) is 2.78. The highest BCUT2D eigenvalue weighted by atomic mass is 16.5. The van der Waals surface area contributed by atoms with Crippen LogP contribution in [0.2, 0.25) is 0 Å². The molecular formula is C19H18N4O3. The van der Waals surface area contributed by atoms with Crippen LogP contribution in [0.25, 0.3) is 21.9 Å². The van der Waals surface area contributed by atoms with Gasteiger partial charge in [-0.25, -0.2) is 4.98 Å². The van der Waals surface area contributed by atoms with Gasteiger partial charge < -0.3 is 14.4 Å². The van der Waals surface area contributed by atoms with E-state index in [1.54, 1.807) is 18.3 Å². The summed E-state index contributed by atoms with van der Waals surface area (Å²) in [6.45, 7) is 2.65. The number of nitriles is 1. The molecule has 2 unspecified atom stereocenters. The van der Waals surface area contributed by atoms with Crippen molar-refractivity contribution in [1.82, 2.24) is 14.5 Å². The minimum absolute atomic E-state index is 0.103. The van der Waals surface area contributed by atoms with Gasteiger partial charge in [0, 0.05) is 18.0 Å². The summed E-state index contributed by atoms with van der Waals surface area (Å²) < 4.78 is 7.69. The molecule has 7 nitrogen and oxygen atoms in total. The minimum Gasteiger partial charge on any atom is -0.481 e. The predicted molar refractivity (Wildman–Crippen MR) is 94.8 cm³/mol. The van der Waals surface area contributed by atoms with Crippen LogP contribution in [-0.2, 0) is 16.0 Å². The molecule has 0 saturated carbocycles. The van der Waals surface area contributed by atoms with Crippen molar-refractivity contribution in [3.05, 3.63) is 35.8 Å². The molecule has 132 valence electrons. The molecule has 1 fully saturated rings. The summed E-state index contributed by atoms with van der Waals surface area (Å²) in [7, 11) is 0. The fraction of sp³-hybridized carbons (Fsp3) is 0.368. The number of benzene rings is 1. The summed E-state index contributed by atoms with van der Waals surface area (Å²) in [6.07, 6.45) is 3.21. The van der Waals surface area contributed by atoms with E-state index < -0.39 is 5.97 Å². The number of fused-ring (bicyclic) bond motifs is 3. The smallest absolute Gasteiger partial charge is 0.311 e. The highest BCUT2D eigenvalue weighted by molar-refractivity contribution is 6.03. The summed E-state index contributed by atoms with van der Waals surface area (Å²) in [5.74, 6) is -0.403. The van der Waals surface area contributed by atoms with Gasteiger partial charge in [0.2, 0.25) is 0 Å². The molecular weight excluding hydrogens is 332 g/mol. The maximum absolute atomic E-state index is 11.4. The van der Waals surface area contributed by atoms with Crippen molar-refractivity contribution in [1.29, 1.82) is 5.26 Å². The molecule has 1 N–H and O–H groups in total. The van der Waals surface area contributed by atoms with Crippen molar-refractivity contribution in [2.45, 2.75) is 38.3 Å². The number of rotatable bonds is 3. The van der Waals surface area contributed by atoms with Gasteiger partial charge in [0.1, 0.15) is 17.8 Å². The maximum Gasteiger partial charge on any atom is 0.311 e. The monoisotopic (exact) mass is 350 g/mol. The van der Waals surface area contributed by atoms with Gasteiger partial charge in [0.05, 0.1) is 35.0 Å². The van der Waals surface area contributed by atoms with E-state index in [1.807, 2.05) is 17.6 Å². The third-order valence-electron chi connectivity index (χ3n) is 4.85. The van der Waals surface area contributed by atoms with E-state index in [2.05, 4.69) is 16.0 Å². The summed E-state index contributed by atoms with van der Waals surface area (Å²) in [5.41, 5.74) is 2.81. The Morgan fingerprint density at radius 3 is 3.04 bits per heavy atom. The van der Waals surface area contributed by atoms with Gasteiger partial charge in [-0.05, 0) is 38.0 Å². The van der Waals surface area contributed by atoms with Gasteiger partial charge in [0.15, 0.2) is 0 Å². The molecule has 4 rings (SSSR count). The number of aliphatic carboxylic acids is 1. The van der Waals surface area contributed by atoms with Crippen molar-refractivity contribution < 1.29 is 14.6 Å². The fourth-order valence-corrected chi connectivity index (χ4v) is 3.76. The number of aromatic nitrogens is 3. The number of nitrogens with zero attached hydrogens (tertiary/aromatic N) is 4. The van der Waals surface area contributed by atoms with Gasteiger partial charge in [-0.3, -0.25) is 9.78 Å². The SMILES string of the molecule is CC1CC(n2c(CC(=O)O)nc3cnc4ccc(C#N)cc4c32)CCO1. The molecule has 0 bridgehead atoms. The Hall–Kier alpha value is -2.98. The summed E-state index contributed by atoms with van der Waals surface area (Å²) in [4.78, 5) is 20.3. The van der Waals surface area contributed by atoms with Crippen LogP contribution in [0.4, 0.5) is 0 Å². The highest BCUT2D eigenvalue weighted by Crippen LogP contribution is 2.33. The molecule has 0 amide bonds. The van der Waals surface area contributed by atoms with Crippen LogP contribution in [0.15, 0.2) is 24.4 Å². The van der Waals surface area contributed by atoms with Crippen LogP contribution < -0.4 is 0 Å². The Bertz CT molecular complexity index is 1050. The lowest BCUT2D eigenvalue weighted by molar-refractivity contribution is -0.136. The quantitative estimate of drug-likeness (QED) is 0.779. The summed E-state index contributed by atoms with van der Waals surface area (Å²) in [5, 5.41) is 19.4. The van der Waals surface area contributed by atoms with Crippen LogP contribution in [0, 0.1) is 11.3 Å². The van der Waals surface area contributed by atoms with Crippen LogP contribution >= 0.6 is 0 Å². The number of hydrogen-bond donors (Lipinski definition) is 1. The van der Waals surface area contributed by atoms with Gasteiger partial charge in [-0.2, -0.15) is 5.26 Å². The van der Waals surface area contributed by atoms with Crippen molar-refractivity contribution in [2.75, 3.05) is 6.61 Å². The predicted octanol–water partition coefficient (Wildman–Crippen LogP) is 2.82. The number of pyridine rings is 1. The second-order valence-electron chi connectivity index (χ2n) is 6.66. The Morgan fingerprint density at radius 1 is 1.46 bits per heavy atom. The van der Waals surface area contributed by atoms with Gasteiger partial charge >= 0.3 is 5.97 Å². The number of carbonyl (C=O) groups is 1. The average molecular weight is 350 g/mol. The molecule has 3 heterocycles. The zero-order chi connectivity index (χ0) is 18.3. The highest BCUT2D eigenvalue weighted by Gasteiger charge is 2.27. The van der Waals surface area contributed by atoms with E-state index in [-0.39, 0.29) is 18.6 Å². The van der Waals surface area contributed by atoms with E-state index in [4.69, 9.17) is 4.74 Å². The van der Waals surface area contributed by atoms with Crippen LogP contribution in [0.1, 0.15) is 37.2 Å². The first-order valence-electron chi connectivity index (χ1n) is 8.60. The lowest BCUT2D eigenvalue weighted by Crippen LogP contribution is -2.27. The second-order valence-corrected chi connectivity index (χ2v) is 6.66. The molecule has 7 heteroatoms. The Kier molecular flexibility index (Phi) is 4.05. The molecule has 0 radical (unpaired) electrons. The average Bonchev–Trinajstić information content (AvgIpc) is 2.98. The first-order chi connectivity index (χ1) is 12.6. The number of hydrogen-bond acceptors (Lipinski definition) is 5.